The van der Waals surface area contributed by atoms with E-state index in [0.29, 0.717) is 18.7 Å². The molecule has 1 atom stereocenters. The monoisotopic (exact) mass is 468 g/mol. The average Bonchev–Trinajstić information content (AvgIpc) is 2.83. The van der Waals surface area contributed by atoms with Crippen molar-refractivity contribution in [3.63, 3.8) is 0 Å². The van der Waals surface area contributed by atoms with Crippen LogP contribution in [0.1, 0.15) is 29.7 Å². The highest BCUT2D eigenvalue weighted by Gasteiger charge is 2.22. The van der Waals surface area contributed by atoms with Crippen LogP contribution in [0.25, 0.3) is 0 Å². The predicted molar refractivity (Wildman–Crippen MR) is 127 cm³/mol. The third kappa shape index (κ3) is 6.81. The van der Waals surface area contributed by atoms with E-state index in [4.69, 9.17) is 9.47 Å². The number of amides is 1. The molecule has 3 rings (SSSR count). The van der Waals surface area contributed by atoms with Crippen LogP contribution in [0.5, 0.6) is 11.5 Å². The van der Waals surface area contributed by atoms with Crippen LogP contribution in [0.4, 0.5) is 0 Å². The third-order valence-electron chi connectivity index (χ3n) is 5.19. The SMILES string of the molecule is COc1ccc(C[C@H](NS(=O)(=O)c2ccc(CNC(C)=O)cc2)c2ccc(OC)cc2)cc1. The minimum absolute atomic E-state index is 0.144. The minimum Gasteiger partial charge on any atom is -0.497 e. The number of rotatable bonds is 10. The molecule has 0 radical (unpaired) electrons. The number of sulfonamides is 1. The van der Waals surface area contributed by atoms with Gasteiger partial charge in [0.25, 0.3) is 0 Å². The number of hydrogen-bond donors (Lipinski definition) is 2. The summed E-state index contributed by atoms with van der Waals surface area (Å²) in [5.41, 5.74) is 2.59. The summed E-state index contributed by atoms with van der Waals surface area (Å²) in [6.45, 7) is 1.78. The van der Waals surface area contributed by atoms with Gasteiger partial charge in [0.1, 0.15) is 11.5 Å². The third-order valence-corrected chi connectivity index (χ3v) is 6.68. The molecular weight excluding hydrogens is 440 g/mol. The number of benzene rings is 3. The van der Waals surface area contributed by atoms with E-state index in [1.807, 2.05) is 48.5 Å². The molecule has 0 aliphatic carbocycles. The zero-order valence-electron chi connectivity index (χ0n) is 18.9. The summed E-state index contributed by atoms with van der Waals surface area (Å²) in [5.74, 6) is 1.29. The van der Waals surface area contributed by atoms with E-state index in [-0.39, 0.29) is 10.8 Å². The molecule has 0 aromatic heterocycles. The fraction of sp³-hybridized carbons (Fsp3) is 0.240. The number of ether oxygens (including phenoxy) is 2. The molecule has 33 heavy (non-hydrogen) atoms. The molecule has 0 saturated heterocycles. The zero-order chi connectivity index (χ0) is 23.8. The van der Waals surface area contributed by atoms with Gasteiger partial charge >= 0.3 is 0 Å². The molecule has 3 aromatic carbocycles. The number of nitrogens with one attached hydrogen (secondary N) is 2. The maximum atomic E-state index is 13.2. The van der Waals surface area contributed by atoms with Crippen molar-refractivity contribution in [1.82, 2.24) is 10.0 Å². The van der Waals surface area contributed by atoms with E-state index < -0.39 is 16.1 Å². The van der Waals surface area contributed by atoms with Crippen LogP contribution in [-0.4, -0.2) is 28.5 Å². The fourth-order valence-corrected chi connectivity index (χ4v) is 4.55. The van der Waals surface area contributed by atoms with E-state index in [9.17, 15) is 13.2 Å². The van der Waals surface area contributed by atoms with Crippen molar-refractivity contribution in [3.05, 3.63) is 89.5 Å². The first-order valence-corrected chi connectivity index (χ1v) is 11.9. The molecule has 3 aromatic rings. The number of methoxy groups -OCH3 is 2. The summed E-state index contributed by atoms with van der Waals surface area (Å²) in [7, 11) is -0.610. The molecule has 2 N–H and O–H groups in total. The molecule has 0 heterocycles. The highest BCUT2D eigenvalue weighted by Crippen LogP contribution is 2.25. The van der Waals surface area contributed by atoms with Gasteiger partial charge < -0.3 is 14.8 Å². The first-order valence-electron chi connectivity index (χ1n) is 10.4. The Morgan fingerprint density at radius 1 is 0.818 bits per heavy atom. The van der Waals surface area contributed by atoms with Crippen LogP contribution in [0.15, 0.2) is 77.7 Å². The van der Waals surface area contributed by atoms with Gasteiger partial charge in [0.05, 0.1) is 25.2 Å². The number of carbonyl (C=O) groups excluding carboxylic acids is 1. The second-order valence-corrected chi connectivity index (χ2v) is 9.27. The van der Waals surface area contributed by atoms with Crippen molar-refractivity contribution in [1.29, 1.82) is 0 Å². The lowest BCUT2D eigenvalue weighted by molar-refractivity contribution is -0.119. The molecule has 0 aliphatic rings. The van der Waals surface area contributed by atoms with Crippen molar-refractivity contribution >= 4 is 15.9 Å². The van der Waals surface area contributed by atoms with Crippen LogP contribution in [0, 0.1) is 0 Å². The molecule has 0 unspecified atom stereocenters. The quantitative estimate of drug-likeness (QED) is 0.474. The summed E-state index contributed by atoms with van der Waals surface area (Å²) in [6, 6.07) is 20.8. The lowest BCUT2D eigenvalue weighted by atomic mass is 9.99. The highest BCUT2D eigenvalue weighted by atomic mass is 32.2. The molecule has 0 aliphatic heterocycles. The Morgan fingerprint density at radius 2 is 1.33 bits per heavy atom. The largest absolute Gasteiger partial charge is 0.497 e. The Morgan fingerprint density at radius 3 is 1.85 bits per heavy atom. The van der Waals surface area contributed by atoms with Gasteiger partial charge in [0.2, 0.25) is 15.9 Å². The molecule has 0 saturated carbocycles. The van der Waals surface area contributed by atoms with Crippen molar-refractivity contribution in [2.24, 2.45) is 0 Å². The average molecular weight is 469 g/mol. The van der Waals surface area contributed by atoms with Gasteiger partial charge in [-0.1, -0.05) is 36.4 Å². The van der Waals surface area contributed by atoms with Crippen LogP contribution < -0.4 is 19.5 Å². The zero-order valence-corrected chi connectivity index (χ0v) is 19.7. The standard InChI is InChI=1S/C25H28N2O5S/c1-18(28)26-17-20-6-14-24(15-7-20)33(29,30)27-25(21-8-12-23(32-3)13-9-21)16-19-4-10-22(31-2)11-5-19/h4-15,25,27H,16-17H2,1-3H3,(H,26,28)/t25-/m0/s1. The van der Waals surface area contributed by atoms with Gasteiger partial charge in [-0.3, -0.25) is 4.79 Å². The van der Waals surface area contributed by atoms with E-state index in [1.54, 1.807) is 26.4 Å². The predicted octanol–water partition coefficient (Wildman–Crippen LogP) is 3.60. The highest BCUT2D eigenvalue weighted by molar-refractivity contribution is 7.89. The van der Waals surface area contributed by atoms with Crippen LogP contribution >= 0.6 is 0 Å². The number of hydrogen-bond acceptors (Lipinski definition) is 5. The summed E-state index contributed by atoms with van der Waals surface area (Å²) in [5, 5.41) is 2.70. The van der Waals surface area contributed by atoms with Gasteiger partial charge in [-0.2, -0.15) is 0 Å². The van der Waals surface area contributed by atoms with Crippen LogP contribution in [-0.2, 0) is 27.8 Å². The minimum atomic E-state index is -3.80. The van der Waals surface area contributed by atoms with Crippen molar-refractivity contribution in [3.8, 4) is 11.5 Å². The summed E-state index contributed by atoms with van der Waals surface area (Å²) >= 11 is 0. The molecule has 0 fully saturated rings. The molecule has 8 heteroatoms. The van der Waals surface area contributed by atoms with Gasteiger partial charge in [-0.05, 0) is 59.5 Å². The van der Waals surface area contributed by atoms with Crippen LogP contribution in [0.2, 0.25) is 0 Å². The molecule has 174 valence electrons. The molecule has 1 amide bonds. The molecule has 7 nitrogen and oxygen atoms in total. The molecule has 0 bridgehead atoms. The molecular formula is C25H28N2O5S. The van der Waals surface area contributed by atoms with Crippen molar-refractivity contribution in [2.75, 3.05) is 14.2 Å². The normalized spacial score (nSPS) is 12.1. The van der Waals surface area contributed by atoms with E-state index in [0.717, 1.165) is 22.4 Å². The van der Waals surface area contributed by atoms with Crippen molar-refractivity contribution < 1.29 is 22.7 Å². The topological polar surface area (TPSA) is 93.7 Å². The second-order valence-electron chi connectivity index (χ2n) is 7.55. The first kappa shape index (κ1) is 24.3. The maximum Gasteiger partial charge on any atom is 0.241 e. The first-order chi connectivity index (χ1) is 15.8. The summed E-state index contributed by atoms with van der Waals surface area (Å²) in [6.07, 6.45) is 0.455. The summed E-state index contributed by atoms with van der Waals surface area (Å²) in [4.78, 5) is 11.2. The van der Waals surface area contributed by atoms with Gasteiger partial charge in [0.15, 0.2) is 0 Å². The van der Waals surface area contributed by atoms with Gasteiger partial charge in [-0.15, -0.1) is 0 Å². The van der Waals surface area contributed by atoms with E-state index in [1.165, 1.54) is 19.1 Å². The van der Waals surface area contributed by atoms with Crippen molar-refractivity contribution in [2.45, 2.75) is 30.8 Å². The van der Waals surface area contributed by atoms with E-state index >= 15 is 0 Å². The van der Waals surface area contributed by atoms with E-state index in [2.05, 4.69) is 10.0 Å². The Hall–Kier alpha value is -3.36. The maximum absolute atomic E-state index is 13.2. The van der Waals surface area contributed by atoms with Crippen LogP contribution in [0.3, 0.4) is 0 Å². The fourth-order valence-electron chi connectivity index (χ4n) is 3.33. The van der Waals surface area contributed by atoms with Gasteiger partial charge in [-0.25, -0.2) is 13.1 Å². The van der Waals surface area contributed by atoms with Gasteiger partial charge in [0, 0.05) is 13.5 Å². The molecule has 0 spiro atoms. The Kier molecular flexibility index (Phi) is 8.08. The second kappa shape index (κ2) is 11.0. The Labute approximate surface area is 194 Å². The Bertz CT molecular complexity index is 1160. The smallest absolute Gasteiger partial charge is 0.241 e. The lowest BCUT2D eigenvalue weighted by Gasteiger charge is -2.20. The Balaban J connectivity index is 1.84. The summed E-state index contributed by atoms with van der Waals surface area (Å²) < 4.78 is 39.6. The number of carbonyl (C=O) groups is 1. The lowest BCUT2D eigenvalue weighted by Crippen LogP contribution is -2.30.